The highest BCUT2D eigenvalue weighted by Crippen LogP contribution is 2.44. The number of allylic oxidation sites excluding steroid dienone is 1. The van der Waals surface area contributed by atoms with Crippen molar-refractivity contribution >= 4 is 23.6 Å². The van der Waals surface area contributed by atoms with Crippen LogP contribution in [0.3, 0.4) is 0 Å². The van der Waals surface area contributed by atoms with Gasteiger partial charge in [0.2, 0.25) is 5.91 Å². The number of carbonyl (C=O) groups excluding carboxylic acids is 2. The van der Waals surface area contributed by atoms with E-state index in [4.69, 9.17) is 14.6 Å². The molecule has 2 atom stereocenters. The average molecular weight is 517 g/mol. The maximum Gasteiger partial charge on any atom is 0.257 e. The Morgan fingerprint density at radius 3 is 2.18 bits per heavy atom. The minimum atomic E-state index is -0.151. The molecule has 0 aromatic heterocycles. The van der Waals surface area contributed by atoms with E-state index < -0.39 is 0 Å². The fourth-order valence-corrected chi connectivity index (χ4v) is 5.73. The molecule has 2 aromatic carbocycles. The van der Waals surface area contributed by atoms with Crippen LogP contribution in [-0.2, 0) is 9.59 Å². The van der Waals surface area contributed by atoms with Gasteiger partial charge in [0.25, 0.3) is 5.91 Å². The van der Waals surface area contributed by atoms with E-state index in [0.717, 1.165) is 47.6 Å². The SMILES string of the molecule is COc1ccc(/C=C2/CCCC3C2=NN(C(=O)CN2CCN(C(C)=O)CC2)C3c2ccc(OC)cc2)cc1. The van der Waals surface area contributed by atoms with Crippen LogP contribution >= 0.6 is 0 Å². The van der Waals surface area contributed by atoms with Crippen molar-refractivity contribution in [3.8, 4) is 11.5 Å². The number of hydrogen-bond acceptors (Lipinski definition) is 6. The van der Waals surface area contributed by atoms with E-state index >= 15 is 0 Å². The number of piperazine rings is 1. The summed E-state index contributed by atoms with van der Waals surface area (Å²) in [5, 5.41) is 6.74. The van der Waals surface area contributed by atoms with Crippen molar-refractivity contribution in [2.24, 2.45) is 11.0 Å². The first-order chi connectivity index (χ1) is 18.5. The van der Waals surface area contributed by atoms with E-state index in [0.29, 0.717) is 32.7 Å². The summed E-state index contributed by atoms with van der Waals surface area (Å²) in [5.74, 6) is 1.83. The molecule has 8 nitrogen and oxygen atoms in total. The van der Waals surface area contributed by atoms with E-state index in [1.165, 1.54) is 5.57 Å². The molecule has 200 valence electrons. The molecule has 0 spiro atoms. The van der Waals surface area contributed by atoms with Gasteiger partial charge in [-0.25, -0.2) is 5.01 Å². The Kier molecular flexibility index (Phi) is 7.79. The van der Waals surface area contributed by atoms with Crippen LogP contribution in [0.2, 0.25) is 0 Å². The molecular formula is C30H36N4O4. The van der Waals surface area contributed by atoms with E-state index in [9.17, 15) is 9.59 Å². The fraction of sp³-hybridized carbons (Fsp3) is 0.433. The van der Waals surface area contributed by atoms with Gasteiger partial charge in [-0.2, -0.15) is 5.10 Å². The predicted octanol–water partition coefficient (Wildman–Crippen LogP) is 3.99. The summed E-state index contributed by atoms with van der Waals surface area (Å²) >= 11 is 0. The zero-order chi connectivity index (χ0) is 26.6. The summed E-state index contributed by atoms with van der Waals surface area (Å²) in [7, 11) is 3.32. The predicted molar refractivity (Wildman–Crippen MR) is 147 cm³/mol. The topological polar surface area (TPSA) is 74.7 Å². The number of amides is 2. The third-order valence-corrected chi connectivity index (χ3v) is 7.85. The van der Waals surface area contributed by atoms with Crippen LogP contribution in [0.1, 0.15) is 43.4 Å². The zero-order valence-electron chi connectivity index (χ0n) is 22.4. The molecule has 8 heteroatoms. The molecule has 0 radical (unpaired) electrons. The molecule has 2 fully saturated rings. The summed E-state index contributed by atoms with van der Waals surface area (Å²) < 4.78 is 10.7. The largest absolute Gasteiger partial charge is 0.497 e. The highest BCUT2D eigenvalue weighted by Gasteiger charge is 2.44. The van der Waals surface area contributed by atoms with E-state index in [1.807, 2.05) is 29.2 Å². The van der Waals surface area contributed by atoms with Crippen molar-refractivity contribution < 1.29 is 19.1 Å². The number of fused-ring (bicyclic) bond motifs is 1. The molecule has 3 aliphatic rings. The molecule has 0 N–H and O–H groups in total. The Morgan fingerprint density at radius 2 is 1.58 bits per heavy atom. The van der Waals surface area contributed by atoms with Gasteiger partial charge in [0.15, 0.2) is 0 Å². The minimum absolute atomic E-state index is 0.00668. The number of rotatable bonds is 6. The second-order valence-corrected chi connectivity index (χ2v) is 10.2. The fourth-order valence-electron chi connectivity index (χ4n) is 5.73. The van der Waals surface area contributed by atoms with Crippen molar-refractivity contribution in [2.75, 3.05) is 46.9 Å². The van der Waals surface area contributed by atoms with Gasteiger partial charge in [0.05, 0.1) is 32.5 Å². The standard InChI is InChI=1S/C30H36N4O4/c1-21(35)33-17-15-32(16-18-33)20-28(36)34-30(23-9-13-26(38-3)14-10-23)27-6-4-5-24(29(27)31-34)19-22-7-11-25(37-2)12-8-22/h7-14,19,27,30H,4-6,15-18,20H2,1-3H3/b24-19-. The summed E-state index contributed by atoms with van der Waals surface area (Å²) in [6.45, 7) is 4.57. The lowest BCUT2D eigenvalue weighted by Crippen LogP contribution is -2.50. The van der Waals surface area contributed by atoms with E-state index in [2.05, 4.69) is 35.2 Å². The second kappa shape index (κ2) is 11.4. The molecule has 0 bridgehead atoms. The Morgan fingerprint density at radius 1 is 0.947 bits per heavy atom. The first kappa shape index (κ1) is 26.0. The molecule has 2 heterocycles. The third-order valence-electron chi connectivity index (χ3n) is 7.85. The molecule has 2 aromatic rings. The number of hydrazone groups is 1. The van der Waals surface area contributed by atoms with Crippen LogP contribution in [0.5, 0.6) is 11.5 Å². The van der Waals surface area contributed by atoms with Gasteiger partial charge in [-0.05, 0) is 66.3 Å². The number of ether oxygens (including phenoxy) is 2. The highest BCUT2D eigenvalue weighted by molar-refractivity contribution is 6.08. The van der Waals surface area contributed by atoms with Crippen LogP contribution in [0.25, 0.3) is 6.08 Å². The lowest BCUT2D eigenvalue weighted by atomic mass is 9.77. The van der Waals surface area contributed by atoms with Gasteiger partial charge < -0.3 is 14.4 Å². The molecule has 1 saturated heterocycles. The van der Waals surface area contributed by atoms with Crippen LogP contribution in [0.15, 0.2) is 59.2 Å². The average Bonchev–Trinajstić information content (AvgIpc) is 3.35. The van der Waals surface area contributed by atoms with Crippen molar-refractivity contribution in [3.05, 3.63) is 65.2 Å². The minimum Gasteiger partial charge on any atom is -0.497 e. The van der Waals surface area contributed by atoms with Crippen molar-refractivity contribution in [2.45, 2.75) is 32.2 Å². The van der Waals surface area contributed by atoms with E-state index in [-0.39, 0.29) is 23.8 Å². The van der Waals surface area contributed by atoms with Crippen molar-refractivity contribution in [3.63, 3.8) is 0 Å². The van der Waals surface area contributed by atoms with Gasteiger partial charge in [-0.1, -0.05) is 24.3 Å². The molecule has 1 saturated carbocycles. The molecular weight excluding hydrogens is 480 g/mol. The smallest absolute Gasteiger partial charge is 0.257 e. The van der Waals surface area contributed by atoms with E-state index in [1.54, 1.807) is 26.2 Å². The third kappa shape index (κ3) is 5.45. The Balaban J connectivity index is 1.42. The second-order valence-electron chi connectivity index (χ2n) is 10.2. The molecule has 5 rings (SSSR count). The number of carbonyl (C=O) groups is 2. The van der Waals surface area contributed by atoms with Crippen LogP contribution in [0.4, 0.5) is 0 Å². The molecule has 2 amide bonds. The van der Waals surface area contributed by atoms with Crippen LogP contribution < -0.4 is 9.47 Å². The summed E-state index contributed by atoms with van der Waals surface area (Å²) in [6.07, 6.45) is 5.17. The monoisotopic (exact) mass is 516 g/mol. The number of hydrogen-bond donors (Lipinski definition) is 0. The summed E-state index contributed by atoms with van der Waals surface area (Å²) in [6, 6.07) is 15.9. The normalized spacial score (nSPS) is 22.7. The van der Waals surface area contributed by atoms with Crippen molar-refractivity contribution in [1.82, 2.24) is 14.8 Å². The summed E-state index contributed by atoms with van der Waals surface area (Å²) in [4.78, 5) is 29.4. The van der Waals surface area contributed by atoms with Gasteiger partial charge >= 0.3 is 0 Å². The Labute approximate surface area is 224 Å². The number of nitrogens with zero attached hydrogens (tertiary/aromatic N) is 4. The molecule has 38 heavy (non-hydrogen) atoms. The maximum absolute atomic E-state index is 13.8. The number of methoxy groups -OCH3 is 2. The number of benzene rings is 2. The molecule has 2 unspecified atom stereocenters. The highest BCUT2D eigenvalue weighted by atomic mass is 16.5. The Hall–Kier alpha value is -3.65. The van der Waals surface area contributed by atoms with Gasteiger partial charge in [0.1, 0.15) is 11.5 Å². The van der Waals surface area contributed by atoms with Crippen molar-refractivity contribution in [1.29, 1.82) is 0 Å². The van der Waals surface area contributed by atoms with Crippen LogP contribution in [-0.4, -0.2) is 79.3 Å². The maximum atomic E-state index is 13.8. The quantitative estimate of drug-likeness (QED) is 0.581. The Bertz CT molecular complexity index is 1210. The molecule has 1 aliphatic carbocycles. The lowest BCUT2D eigenvalue weighted by Gasteiger charge is -2.35. The van der Waals surface area contributed by atoms with Gasteiger partial charge in [0, 0.05) is 39.0 Å². The molecule has 2 aliphatic heterocycles. The van der Waals surface area contributed by atoms with Gasteiger partial charge in [-0.15, -0.1) is 0 Å². The zero-order valence-corrected chi connectivity index (χ0v) is 22.4. The van der Waals surface area contributed by atoms with Crippen LogP contribution in [0, 0.1) is 5.92 Å². The summed E-state index contributed by atoms with van der Waals surface area (Å²) in [5.41, 5.74) is 4.37. The van der Waals surface area contributed by atoms with Gasteiger partial charge in [-0.3, -0.25) is 14.5 Å². The first-order valence-corrected chi connectivity index (χ1v) is 13.3. The lowest BCUT2D eigenvalue weighted by molar-refractivity contribution is -0.136. The first-order valence-electron chi connectivity index (χ1n) is 13.3.